The van der Waals surface area contributed by atoms with Crippen LogP contribution in [0, 0.1) is 5.92 Å². The average molecular weight is 257 g/mol. The van der Waals surface area contributed by atoms with Gasteiger partial charge in [0.1, 0.15) is 0 Å². The van der Waals surface area contributed by atoms with Crippen LogP contribution in [0.15, 0.2) is 23.1 Å². The van der Waals surface area contributed by atoms with Crippen molar-refractivity contribution in [2.45, 2.75) is 32.1 Å². The number of benzene rings is 1. The summed E-state index contributed by atoms with van der Waals surface area (Å²) < 4.78 is 0. The largest absolute Gasteiger partial charge is 0.294 e. The highest BCUT2D eigenvalue weighted by molar-refractivity contribution is 7.99. The Bertz CT molecular complexity index is 376. The first-order valence-corrected chi connectivity index (χ1v) is 6.84. The third-order valence-corrected chi connectivity index (χ3v) is 4.19. The number of thioether (sulfide) groups is 1. The maximum Gasteiger partial charge on any atom is 0.161 e. The fourth-order valence-electron chi connectivity index (χ4n) is 1.23. The molecular weight excluding hydrogens is 240 g/mol. The van der Waals surface area contributed by atoms with Gasteiger partial charge in [0, 0.05) is 16.2 Å². The first-order chi connectivity index (χ1) is 7.54. The second kappa shape index (κ2) is 6.31. The number of hydrogen-bond acceptors (Lipinski definition) is 2. The summed E-state index contributed by atoms with van der Waals surface area (Å²) in [6.45, 7) is 5.96. The van der Waals surface area contributed by atoms with E-state index in [9.17, 15) is 4.79 Å². The SMILES string of the molecule is CCC(C)CSc1ccc(C(C)=O)c(Cl)c1. The molecule has 0 radical (unpaired) electrons. The van der Waals surface area contributed by atoms with Crippen molar-refractivity contribution in [2.24, 2.45) is 5.92 Å². The van der Waals surface area contributed by atoms with E-state index in [2.05, 4.69) is 13.8 Å². The summed E-state index contributed by atoms with van der Waals surface area (Å²) in [5, 5.41) is 0.557. The van der Waals surface area contributed by atoms with Crippen LogP contribution in [0.25, 0.3) is 0 Å². The second-order valence-corrected chi connectivity index (χ2v) is 5.52. The molecular formula is C13H17ClOS. The van der Waals surface area contributed by atoms with Crippen molar-refractivity contribution >= 4 is 29.1 Å². The van der Waals surface area contributed by atoms with Crippen LogP contribution in [0.2, 0.25) is 5.02 Å². The molecule has 0 saturated heterocycles. The molecule has 0 bridgehead atoms. The predicted octanol–water partition coefficient (Wildman–Crippen LogP) is 4.68. The molecule has 0 aliphatic rings. The van der Waals surface area contributed by atoms with Gasteiger partial charge >= 0.3 is 0 Å². The van der Waals surface area contributed by atoms with E-state index in [1.807, 2.05) is 18.2 Å². The third kappa shape index (κ3) is 3.84. The van der Waals surface area contributed by atoms with Gasteiger partial charge in [-0.1, -0.05) is 31.9 Å². The molecule has 0 aliphatic heterocycles. The molecule has 0 amide bonds. The van der Waals surface area contributed by atoms with Gasteiger partial charge in [0.2, 0.25) is 0 Å². The molecule has 0 aromatic heterocycles. The zero-order valence-corrected chi connectivity index (χ0v) is 11.5. The van der Waals surface area contributed by atoms with Crippen molar-refractivity contribution in [3.05, 3.63) is 28.8 Å². The van der Waals surface area contributed by atoms with Crippen molar-refractivity contribution in [3.8, 4) is 0 Å². The fourth-order valence-corrected chi connectivity index (χ4v) is 2.68. The highest BCUT2D eigenvalue weighted by Crippen LogP contribution is 2.27. The van der Waals surface area contributed by atoms with E-state index in [4.69, 9.17) is 11.6 Å². The van der Waals surface area contributed by atoms with Crippen LogP contribution in [0.4, 0.5) is 0 Å². The van der Waals surface area contributed by atoms with Gasteiger partial charge in [-0.15, -0.1) is 11.8 Å². The van der Waals surface area contributed by atoms with Crippen molar-refractivity contribution in [1.82, 2.24) is 0 Å². The minimum absolute atomic E-state index is 0.0171. The lowest BCUT2D eigenvalue weighted by atomic mass is 10.1. The molecule has 1 rings (SSSR count). The Hall–Kier alpha value is -0.470. The molecule has 1 unspecified atom stereocenters. The number of carbonyl (C=O) groups is 1. The molecule has 16 heavy (non-hydrogen) atoms. The molecule has 1 aromatic rings. The van der Waals surface area contributed by atoms with Gasteiger partial charge in [0.05, 0.1) is 5.02 Å². The van der Waals surface area contributed by atoms with Crippen LogP contribution in [0.1, 0.15) is 37.6 Å². The first-order valence-electron chi connectivity index (χ1n) is 5.47. The Balaban J connectivity index is 2.70. The Morgan fingerprint density at radius 2 is 2.19 bits per heavy atom. The van der Waals surface area contributed by atoms with Gasteiger partial charge < -0.3 is 0 Å². The van der Waals surface area contributed by atoms with Crippen LogP contribution in [0.3, 0.4) is 0 Å². The second-order valence-electron chi connectivity index (χ2n) is 4.02. The maximum absolute atomic E-state index is 11.2. The number of ketones is 1. The molecule has 1 atom stereocenters. The number of Topliss-reactive ketones (excluding diaryl/α,β-unsaturated/α-hetero) is 1. The predicted molar refractivity (Wildman–Crippen MR) is 71.6 cm³/mol. The van der Waals surface area contributed by atoms with Crippen molar-refractivity contribution in [3.63, 3.8) is 0 Å². The topological polar surface area (TPSA) is 17.1 Å². The molecule has 0 aliphatic carbocycles. The lowest BCUT2D eigenvalue weighted by Crippen LogP contribution is -1.96. The number of rotatable bonds is 5. The summed E-state index contributed by atoms with van der Waals surface area (Å²) in [6.07, 6.45) is 1.19. The first kappa shape index (κ1) is 13.6. The summed E-state index contributed by atoms with van der Waals surface area (Å²) in [5.41, 5.74) is 0.606. The zero-order valence-electron chi connectivity index (χ0n) is 9.92. The quantitative estimate of drug-likeness (QED) is 0.562. The lowest BCUT2D eigenvalue weighted by molar-refractivity contribution is 0.101. The van der Waals surface area contributed by atoms with E-state index in [0.717, 1.165) is 10.6 Å². The smallest absolute Gasteiger partial charge is 0.161 e. The minimum Gasteiger partial charge on any atom is -0.294 e. The molecule has 0 N–H and O–H groups in total. The molecule has 0 saturated carbocycles. The van der Waals surface area contributed by atoms with Crippen molar-refractivity contribution in [1.29, 1.82) is 0 Å². The van der Waals surface area contributed by atoms with Crippen LogP contribution in [-0.4, -0.2) is 11.5 Å². The number of hydrogen-bond donors (Lipinski definition) is 0. The molecule has 1 nitrogen and oxygen atoms in total. The monoisotopic (exact) mass is 256 g/mol. The molecule has 3 heteroatoms. The Labute approximate surface area is 107 Å². The van der Waals surface area contributed by atoms with E-state index in [1.165, 1.54) is 13.3 Å². The Morgan fingerprint density at radius 3 is 2.69 bits per heavy atom. The van der Waals surface area contributed by atoms with Gasteiger partial charge in [0.25, 0.3) is 0 Å². The summed E-state index contributed by atoms with van der Waals surface area (Å²) in [5.74, 6) is 1.81. The maximum atomic E-state index is 11.2. The van der Waals surface area contributed by atoms with Crippen molar-refractivity contribution in [2.75, 3.05) is 5.75 Å². The van der Waals surface area contributed by atoms with Gasteiger partial charge in [-0.25, -0.2) is 0 Å². The molecule has 0 heterocycles. The highest BCUT2D eigenvalue weighted by atomic mass is 35.5. The van der Waals surface area contributed by atoms with Gasteiger partial charge in [0.15, 0.2) is 5.78 Å². The average Bonchev–Trinajstić information content (AvgIpc) is 2.25. The van der Waals surface area contributed by atoms with Gasteiger partial charge in [-0.05, 0) is 31.0 Å². The molecule has 0 fully saturated rings. The Morgan fingerprint density at radius 1 is 1.50 bits per heavy atom. The third-order valence-electron chi connectivity index (χ3n) is 2.55. The molecule has 1 aromatic carbocycles. The highest BCUT2D eigenvalue weighted by Gasteiger charge is 2.07. The van der Waals surface area contributed by atoms with E-state index < -0.39 is 0 Å². The fraction of sp³-hybridized carbons (Fsp3) is 0.462. The van der Waals surface area contributed by atoms with Crippen molar-refractivity contribution < 1.29 is 4.79 Å². The van der Waals surface area contributed by atoms with E-state index >= 15 is 0 Å². The number of halogens is 1. The van der Waals surface area contributed by atoms with Gasteiger partial charge in [-0.2, -0.15) is 0 Å². The van der Waals surface area contributed by atoms with Crippen LogP contribution >= 0.6 is 23.4 Å². The van der Waals surface area contributed by atoms with E-state index in [0.29, 0.717) is 16.5 Å². The van der Waals surface area contributed by atoms with Crippen LogP contribution in [0.5, 0.6) is 0 Å². The minimum atomic E-state index is 0.0171. The van der Waals surface area contributed by atoms with Crippen LogP contribution < -0.4 is 0 Å². The summed E-state index contributed by atoms with van der Waals surface area (Å²) in [4.78, 5) is 12.3. The summed E-state index contributed by atoms with van der Waals surface area (Å²) in [7, 11) is 0. The zero-order chi connectivity index (χ0) is 12.1. The lowest BCUT2D eigenvalue weighted by Gasteiger charge is -2.08. The van der Waals surface area contributed by atoms with E-state index in [-0.39, 0.29) is 5.78 Å². The van der Waals surface area contributed by atoms with Crippen LogP contribution in [-0.2, 0) is 0 Å². The van der Waals surface area contributed by atoms with E-state index in [1.54, 1.807) is 11.8 Å². The Kier molecular flexibility index (Phi) is 5.36. The molecule has 0 spiro atoms. The number of carbonyl (C=O) groups excluding carboxylic acids is 1. The van der Waals surface area contributed by atoms with Gasteiger partial charge in [-0.3, -0.25) is 4.79 Å². The summed E-state index contributed by atoms with van der Waals surface area (Å²) in [6, 6.07) is 5.66. The normalized spacial score (nSPS) is 12.5. The molecule has 88 valence electrons. The standard InChI is InChI=1S/C13H17ClOS/c1-4-9(2)8-16-11-5-6-12(10(3)15)13(14)7-11/h5-7,9H,4,8H2,1-3H3. The summed E-state index contributed by atoms with van der Waals surface area (Å²) >= 11 is 7.83.